The summed E-state index contributed by atoms with van der Waals surface area (Å²) in [6.07, 6.45) is 0. The largest absolute Gasteiger partial charge is 0.242 e. The van der Waals surface area contributed by atoms with E-state index in [1.165, 1.54) is 0 Å². The Morgan fingerprint density at radius 1 is 0.636 bits per heavy atom. The Balaban J connectivity index is -0.0000000350. The molecule has 0 N–H and O–H groups in total. The van der Waals surface area contributed by atoms with Crippen LogP contribution >= 0.6 is 0 Å². The summed E-state index contributed by atoms with van der Waals surface area (Å²) in [5.74, 6) is -2.50. The van der Waals surface area contributed by atoms with Gasteiger partial charge in [-0.15, -0.1) is 0 Å². The minimum atomic E-state index is -2.50. The van der Waals surface area contributed by atoms with E-state index in [-0.39, 0.29) is 0 Å². The second-order valence-corrected chi connectivity index (χ2v) is 1.33. The first-order chi connectivity index (χ1) is 5.00. The van der Waals surface area contributed by atoms with Gasteiger partial charge in [0, 0.05) is 0 Å². The van der Waals surface area contributed by atoms with Crippen molar-refractivity contribution in [3.63, 3.8) is 0 Å². The van der Waals surface area contributed by atoms with Crippen LogP contribution in [0.5, 0.6) is 0 Å². The molecular weight excluding hydrogens is 146 g/mol. The Morgan fingerprint density at radius 2 is 0.636 bits per heavy atom. The highest BCUT2D eigenvalue weighted by atomic mass is 19.3. The molecule has 2 heteroatoms. The van der Waals surface area contributed by atoms with Crippen molar-refractivity contribution in [3.8, 4) is 0 Å². The lowest BCUT2D eigenvalue weighted by Crippen LogP contribution is -1.98. The van der Waals surface area contributed by atoms with Gasteiger partial charge in [0.1, 0.15) is 0 Å². The molecule has 0 unspecified atom stereocenters. The van der Waals surface area contributed by atoms with Crippen molar-refractivity contribution in [3.05, 3.63) is 0 Å². The van der Waals surface area contributed by atoms with E-state index < -0.39 is 5.92 Å². The molecule has 0 aromatic rings. The molecule has 0 saturated carbocycles. The summed E-state index contributed by atoms with van der Waals surface area (Å²) >= 11 is 0. The van der Waals surface area contributed by atoms with Crippen LogP contribution in [0.3, 0.4) is 0 Å². The second kappa shape index (κ2) is 22.5. The monoisotopic (exact) mass is 170 g/mol. The van der Waals surface area contributed by atoms with Gasteiger partial charge in [-0.2, -0.15) is 0 Å². The Labute approximate surface area is 71.0 Å². The van der Waals surface area contributed by atoms with Crippen LogP contribution in [0.2, 0.25) is 0 Å². The summed E-state index contributed by atoms with van der Waals surface area (Å²) < 4.78 is 22.0. The van der Waals surface area contributed by atoms with E-state index in [0.717, 1.165) is 13.8 Å². The first-order valence-corrected chi connectivity index (χ1v) is 4.38. The minimum Gasteiger partial charge on any atom is -0.208 e. The summed E-state index contributed by atoms with van der Waals surface area (Å²) in [6.45, 7) is 13.7. The molecular formula is C9H24F2. The van der Waals surface area contributed by atoms with E-state index in [1.54, 1.807) is 0 Å². The van der Waals surface area contributed by atoms with Gasteiger partial charge in [-0.3, -0.25) is 0 Å². The fraction of sp³-hybridized carbons (Fsp3) is 1.00. The summed E-state index contributed by atoms with van der Waals surface area (Å²) in [5, 5.41) is 0. The molecule has 11 heavy (non-hydrogen) atoms. The van der Waals surface area contributed by atoms with E-state index in [9.17, 15) is 8.78 Å². The van der Waals surface area contributed by atoms with Crippen LogP contribution < -0.4 is 0 Å². The lowest BCUT2D eigenvalue weighted by atomic mass is 10.5. The smallest absolute Gasteiger partial charge is 0.208 e. The molecule has 0 fully saturated rings. The van der Waals surface area contributed by atoms with Gasteiger partial charge in [-0.25, -0.2) is 8.78 Å². The van der Waals surface area contributed by atoms with Gasteiger partial charge in [-0.1, -0.05) is 41.5 Å². The Kier molecular flexibility index (Phi) is 46.0. The lowest BCUT2D eigenvalue weighted by Gasteiger charge is -1.94. The molecule has 0 aliphatic heterocycles. The maximum atomic E-state index is 11.0. The molecule has 0 spiro atoms. The second-order valence-electron chi connectivity index (χ2n) is 1.33. The maximum absolute atomic E-state index is 11.0. The molecule has 0 atom stereocenters. The average molecular weight is 170 g/mol. The van der Waals surface area contributed by atoms with E-state index in [4.69, 9.17) is 0 Å². The fourth-order valence-corrected chi connectivity index (χ4v) is 0. The van der Waals surface area contributed by atoms with Crippen molar-refractivity contribution in [1.29, 1.82) is 0 Å². The van der Waals surface area contributed by atoms with Gasteiger partial charge < -0.3 is 0 Å². The summed E-state index contributed by atoms with van der Waals surface area (Å²) in [6, 6.07) is 0. The zero-order valence-electron chi connectivity index (χ0n) is 9.26. The molecule has 0 saturated heterocycles. The van der Waals surface area contributed by atoms with Gasteiger partial charge >= 0.3 is 0 Å². The quantitative estimate of drug-likeness (QED) is 0.492. The fourth-order valence-electron chi connectivity index (χ4n) is 0. The van der Waals surface area contributed by atoms with Crippen LogP contribution in [0, 0.1) is 0 Å². The van der Waals surface area contributed by atoms with Gasteiger partial charge in [0.05, 0.1) is 0 Å². The zero-order valence-corrected chi connectivity index (χ0v) is 9.26. The van der Waals surface area contributed by atoms with Gasteiger partial charge in [0.25, 0.3) is 0 Å². The van der Waals surface area contributed by atoms with E-state index in [0.29, 0.717) is 0 Å². The van der Waals surface area contributed by atoms with Crippen LogP contribution in [0.25, 0.3) is 0 Å². The number of hydrogen-bond donors (Lipinski definition) is 0. The molecule has 0 bridgehead atoms. The number of rotatable bonds is 0. The van der Waals surface area contributed by atoms with Crippen LogP contribution in [0.1, 0.15) is 55.4 Å². The highest BCUT2D eigenvalue weighted by Gasteiger charge is 2.08. The topological polar surface area (TPSA) is 0 Å². The van der Waals surface area contributed by atoms with E-state index >= 15 is 0 Å². The van der Waals surface area contributed by atoms with Crippen LogP contribution in [0.15, 0.2) is 0 Å². The summed E-state index contributed by atoms with van der Waals surface area (Å²) in [7, 11) is 0. The zero-order chi connectivity index (χ0) is 10.5. The average Bonchev–Trinajstić information content (AvgIpc) is 1.96. The van der Waals surface area contributed by atoms with Gasteiger partial charge in [0.15, 0.2) is 0 Å². The molecule has 0 aliphatic carbocycles. The predicted octanol–water partition coefficient (Wildman–Crippen LogP) is 4.74. The van der Waals surface area contributed by atoms with Gasteiger partial charge in [0.2, 0.25) is 5.92 Å². The summed E-state index contributed by atoms with van der Waals surface area (Å²) in [5.41, 5.74) is 0. The third-order valence-electron chi connectivity index (χ3n) is 0. The molecule has 0 amide bonds. The maximum Gasteiger partial charge on any atom is 0.242 e. The van der Waals surface area contributed by atoms with Crippen LogP contribution in [0.4, 0.5) is 8.78 Å². The molecule has 0 aromatic carbocycles. The SMILES string of the molecule is CC.CC.CC.CC(C)(F)F. The van der Waals surface area contributed by atoms with Crippen molar-refractivity contribution in [2.75, 3.05) is 0 Å². The first-order valence-electron chi connectivity index (χ1n) is 4.38. The lowest BCUT2D eigenvalue weighted by molar-refractivity contribution is 0.0437. The van der Waals surface area contributed by atoms with Crippen molar-refractivity contribution >= 4 is 0 Å². The minimum absolute atomic E-state index is 0.854. The van der Waals surface area contributed by atoms with Crippen LogP contribution in [-0.4, -0.2) is 5.92 Å². The number of halogens is 2. The standard InChI is InChI=1S/C3H6F2.3C2H6/c1-3(2,4)5;3*1-2/h1-2H3;3*1-2H3. The van der Waals surface area contributed by atoms with Crippen molar-refractivity contribution < 1.29 is 8.78 Å². The molecule has 0 radical (unpaired) electrons. The third-order valence-corrected chi connectivity index (χ3v) is 0. The normalized spacial score (nSPS) is 7.09. The third kappa shape index (κ3) is 31100. The Hall–Kier alpha value is -0.140. The summed E-state index contributed by atoms with van der Waals surface area (Å²) in [4.78, 5) is 0. The number of alkyl halides is 2. The van der Waals surface area contributed by atoms with Crippen molar-refractivity contribution in [2.24, 2.45) is 0 Å². The van der Waals surface area contributed by atoms with Crippen LogP contribution in [-0.2, 0) is 0 Å². The van der Waals surface area contributed by atoms with E-state index in [1.807, 2.05) is 41.5 Å². The molecule has 0 aromatic heterocycles. The highest BCUT2D eigenvalue weighted by Crippen LogP contribution is 2.06. The molecule has 0 nitrogen and oxygen atoms in total. The highest BCUT2D eigenvalue weighted by molar-refractivity contribution is 4.40. The number of hydrogen-bond acceptors (Lipinski definition) is 0. The molecule has 0 aliphatic rings. The predicted molar refractivity (Wildman–Crippen MR) is 50.3 cm³/mol. The van der Waals surface area contributed by atoms with E-state index in [2.05, 4.69) is 0 Å². The van der Waals surface area contributed by atoms with Gasteiger partial charge in [-0.05, 0) is 13.8 Å². The Morgan fingerprint density at radius 3 is 0.636 bits per heavy atom. The molecule has 0 heterocycles. The molecule has 74 valence electrons. The molecule has 0 rings (SSSR count). The Bertz CT molecular complexity index is 23.0. The van der Waals surface area contributed by atoms with Crippen molar-refractivity contribution in [2.45, 2.75) is 61.3 Å². The van der Waals surface area contributed by atoms with Crippen molar-refractivity contribution in [1.82, 2.24) is 0 Å². The first kappa shape index (κ1) is 22.4.